The average Bonchev–Trinajstić information content (AvgIpc) is 2.30. The first-order valence-corrected chi connectivity index (χ1v) is 5.91. The maximum absolute atomic E-state index is 13.5. The van der Waals surface area contributed by atoms with Gasteiger partial charge in [0.15, 0.2) is 0 Å². The molecule has 0 bridgehead atoms. The van der Waals surface area contributed by atoms with Crippen molar-refractivity contribution in [3.05, 3.63) is 35.1 Å². The number of rotatable bonds is 6. The van der Waals surface area contributed by atoms with Crippen molar-refractivity contribution < 1.29 is 24.5 Å². The summed E-state index contributed by atoms with van der Waals surface area (Å²) < 4.78 is 13.5. The zero-order valence-corrected chi connectivity index (χ0v) is 10.3. The van der Waals surface area contributed by atoms with E-state index < -0.39 is 30.4 Å². The first-order chi connectivity index (χ1) is 8.45. The predicted molar refractivity (Wildman–Crippen MR) is 64.0 cm³/mol. The number of hydrogen-bond donors (Lipinski definition) is 3. The number of hydrogen-bond acceptors (Lipinski definition) is 3. The fourth-order valence-corrected chi connectivity index (χ4v) is 1.77. The highest BCUT2D eigenvalue weighted by Crippen LogP contribution is 2.22. The molecule has 1 rings (SSSR count). The lowest BCUT2D eigenvalue weighted by atomic mass is 10.00. The number of benzene rings is 1. The van der Waals surface area contributed by atoms with Gasteiger partial charge in [-0.15, -0.1) is 11.6 Å². The molecule has 0 aliphatic rings. The van der Waals surface area contributed by atoms with Crippen LogP contribution in [0.1, 0.15) is 23.7 Å². The SMILES string of the molecule is O=C(O)Cc1ccc(C(O)C(O)CCCl)cc1F. The summed E-state index contributed by atoms with van der Waals surface area (Å²) in [4.78, 5) is 10.5. The van der Waals surface area contributed by atoms with E-state index in [9.17, 15) is 19.4 Å². The van der Waals surface area contributed by atoms with Gasteiger partial charge < -0.3 is 15.3 Å². The summed E-state index contributed by atoms with van der Waals surface area (Å²) in [5, 5.41) is 27.8. The smallest absolute Gasteiger partial charge is 0.307 e. The number of carboxylic acid groups (broad SMARTS) is 1. The molecule has 1 aromatic carbocycles. The van der Waals surface area contributed by atoms with Crippen LogP contribution < -0.4 is 0 Å². The molecule has 2 atom stereocenters. The number of carboxylic acids is 1. The maximum Gasteiger partial charge on any atom is 0.307 e. The van der Waals surface area contributed by atoms with E-state index in [0.717, 1.165) is 6.07 Å². The maximum atomic E-state index is 13.5. The van der Waals surface area contributed by atoms with Crippen LogP contribution in [0.2, 0.25) is 0 Å². The molecular formula is C12H14ClFO4. The third-order valence-electron chi connectivity index (χ3n) is 2.53. The Labute approximate surface area is 109 Å². The third kappa shape index (κ3) is 3.94. The summed E-state index contributed by atoms with van der Waals surface area (Å²) >= 11 is 5.43. The molecule has 0 saturated carbocycles. The lowest BCUT2D eigenvalue weighted by molar-refractivity contribution is -0.136. The molecule has 100 valence electrons. The van der Waals surface area contributed by atoms with Crippen LogP contribution in [0.25, 0.3) is 0 Å². The van der Waals surface area contributed by atoms with E-state index in [1.54, 1.807) is 0 Å². The zero-order valence-electron chi connectivity index (χ0n) is 9.51. The second-order valence-corrected chi connectivity index (χ2v) is 4.29. The number of aliphatic hydroxyl groups excluding tert-OH is 2. The van der Waals surface area contributed by atoms with Crippen LogP contribution in [0.15, 0.2) is 18.2 Å². The van der Waals surface area contributed by atoms with E-state index in [2.05, 4.69) is 0 Å². The van der Waals surface area contributed by atoms with E-state index in [0.29, 0.717) is 0 Å². The minimum absolute atomic E-state index is 0.0327. The monoisotopic (exact) mass is 276 g/mol. The van der Waals surface area contributed by atoms with Gasteiger partial charge >= 0.3 is 5.97 Å². The Morgan fingerprint density at radius 2 is 2.06 bits per heavy atom. The first-order valence-electron chi connectivity index (χ1n) is 5.38. The van der Waals surface area contributed by atoms with Gasteiger partial charge in [0.25, 0.3) is 0 Å². The number of alkyl halides is 1. The van der Waals surface area contributed by atoms with E-state index in [4.69, 9.17) is 16.7 Å². The van der Waals surface area contributed by atoms with E-state index >= 15 is 0 Å². The molecule has 0 aromatic heterocycles. The van der Waals surface area contributed by atoms with Crippen molar-refractivity contribution >= 4 is 17.6 Å². The van der Waals surface area contributed by atoms with Gasteiger partial charge in [0.1, 0.15) is 11.9 Å². The summed E-state index contributed by atoms with van der Waals surface area (Å²) in [6, 6.07) is 3.71. The molecule has 0 aliphatic carbocycles. The Kier molecular flexibility index (Phi) is 5.53. The molecule has 0 spiro atoms. The van der Waals surface area contributed by atoms with Crippen LogP contribution in [-0.2, 0) is 11.2 Å². The molecule has 3 N–H and O–H groups in total. The van der Waals surface area contributed by atoms with Crippen LogP contribution in [0.3, 0.4) is 0 Å². The van der Waals surface area contributed by atoms with Crippen LogP contribution >= 0.6 is 11.6 Å². The summed E-state index contributed by atoms with van der Waals surface area (Å²) in [6.45, 7) is 0. The van der Waals surface area contributed by atoms with Crippen LogP contribution in [0.5, 0.6) is 0 Å². The average molecular weight is 277 g/mol. The van der Waals surface area contributed by atoms with Crippen LogP contribution in [0.4, 0.5) is 4.39 Å². The molecule has 0 radical (unpaired) electrons. The molecule has 0 aliphatic heterocycles. The van der Waals surface area contributed by atoms with Crippen molar-refractivity contribution in [1.29, 1.82) is 0 Å². The highest BCUT2D eigenvalue weighted by Gasteiger charge is 2.19. The van der Waals surface area contributed by atoms with Gasteiger partial charge in [-0.3, -0.25) is 4.79 Å². The first kappa shape index (κ1) is 14.9. The molecule has 6 heteroatoms. The van der Waals surface area contributed by atoms with Crippen molar-refractivity contribution in [1.82, 2.24) is 0 Å². The van der Waals surface area contributed by atoms with Crippen molar-refractivity contribution in [2.45, 2.75) is 25.0 Å². The molecule has 0 amide bonds. The van der Waals surface area contributed by atoms with Gasteiger partial charge in [0.2, 0.25) is 0 Å². The molecular weight excluding hydrogens is 263 g/mol. The quantitative estimate of drug-likeness (QED) is 0.688. The van der Waals surface area contributed by atoms with Gasteiger partial charge in [0.05, 0.1) is 12.5 Å². The zero-order chi connectivity index (χ0) is 13.7. The molecule has 0 fully saturated rings. The predicted octanol–water partition coefficient (Wildman–Crippen LogP) is 1.48. The summed E-state index contributed by atoms with van der Waals surface area (Å²) in [7, 11) is 0. The Balaban J connectivity index is 2.86. The van der Waals surface area contributed by atoms with Gasteiger partial charge in [0, 0.05) is 5.88 Å². The molecule has 1 aromatic rings. The third-order valence-corrected chi connectivity index (χ3v) is 2.75. The van der Waals surface area contributed by atoms with Gasteiger partial charge in [-0.25, -0.2) is 4.39 Å². The number of halogens is 2. The van der Waals surface area contributed by atoms with Crippen LogP contribution in [0, 0.1) is 5.82 Å². The van der Waals surface area contributed by atoms with Gasteiger partial charge in [-0.1, -0.05) is 12.1 Å². The van der Waals surface area contributed by atoms with E-state index in [1.807, 2.05) is 0 Å². The normalized spacial score (nSPS) is 14.2. The van der Waals surface area contributed by atoms with Crippen molar-refractivity contribution in [3.8, 4) is 0 Å². The molecule has 2 unspecified atom stereocenters. The highest BCUT2D eigenvalue weighted by molar-refractivity contribution is 6.17. The van der Waals surface area contributed by atoms with E-state index in [1.165, 1.54) is 12.1 Å². The Hall–Kier alpha value is -1.17. The lowest BCUT2D eigenvalue weighted by Gasteiger charge is -2.17. The Morgan fingerprint density at radius 1 is 1.39 bits per heavy atom. The van der Waals surface area contributed by atoms with Crippen LogP contribution in [-0.4, -0.2) is 33.3 Å². The Morgan fingerprint density at radius 3 is 2.56 bits per heavy atom. The largest absolute Gasteiger partial charge is 0.481 e. The van der Waals surface area contributed by atoms with Crippen molar-refractivity contribution in [2.24, 2.45) is 0 Å². The summed E-state index contributed by atoms with van der Waals surface area (Å²) in [6.07, 6.45) is -2.56. The minimum Gasteiger partial charge on any atom is -0.481 e. The topological polar surface area (TPSA) is 77.8 Å². The second-order valence-electron chi connectivity index (χ2n) is 3.91. The van der Waals surface area contributed by atoms with Crippen molar-refractivity contribution in [3.63, 3.8) is 0 Å². The number of aliphatic hydroxyl groups is 2. The van der Waals surface area contributed by atoms with E-state index in [-0.39, 0.29) is 23.4 Å². The summed E-state index contributed by atoms with van der Waals surface area (Å²) in [5.41, 5.74) is 0.226. The second kappa shape index (κ2) is 6.68. The fourth-order valence-electron chi connectivity index (χ4n) is 1.55. The highest BCUT2D eigenvalue weighted by atomic mass is 35.5. The molecule has 0 heterocycles. The molecule has 0 saturated heterocycles. The van der Waals surface area contributed by atoms with Gasteiger partial charge in [-0.05, 0) is 23.6 Å². The molecule has 4 nitrogen and oxygen atoms in total. The number of aliphatic carboxylic acids is 1. The van der Waals surface area contributed by atoms with Crippen molar-refractivity contribution in [2.75, 3.05) is 5.88 Å². The fraction of sp³-hybridized carbons (Fsp3) is 0.417. The lowest BCUT2D eigenvalue weighted by Crippen LogP contribution is -2.19. The minimum atomic E-state index is -1.24. The standard InChI is InChI=1S/C12H14ClFO4/c13-4-3-10(15)12(18)8-2-1-7(6-11(16)17)9(14)5-8/h1-2,5,10,12,15,18H,3-4,6H2,(H,16,17). The number of carbonyl (C=O) groups is 1. The van der Waals surface area contributed by atoms with Gasteiger partial charge in [-0.2, -0.15) is 0 Å². The Bertz CT molecular complexity index is 425. The molecule has 18 heavy (non-hydrogen) atoms. The summed E-state index contributed by atoms with van der Waals surface area (Å²) in [5.74, 6) is -1.67.